The number of hydrogen-bond acceptors (Lipinski definition) is 2. The van der Waals surface area contributed by atoms with Crippen molar-refractivity contribution in [2.24, 2.45) is 0 Å². The number of anilines is 1. The Labute approximate surface area is 135 Å². The maximum atomic E-state index is 13.2. The van der Waals surface area contributed by atoms with E-state index in [1.54, 1.807) is 0 Å². The summed E-state index contributed by atoms with van der Waals surface area (Å²) < 4.78 is 56.2. The first-order chi connectivity index (χ1) is 11.3. The average molecular weight is 339 g/mol. The summed E-state index contributed by atoms with van der Waals surface area (Å²) >= 11 is 0. The molecule has 0 bridgehead atoms. The second-order valence-electron chi connectivity index (χ2n) is 5.38. The van der Waals surface area contributed by atoms with Crippen molar-refractivity contribution in [2.45, 2.75) is 12.6 Å². The third-order valence-corrected chi connectivity index (χ3v) is 3.72. The minimum Gasteiger partial charge on any atom is -0.489 e. The lowest BCUT2D eigenvalue weighted by molar-refractivity contribution is -0.137. The fraction of sp³-hybridized carbons (Fsp3) is 0.235. The Balaban J connectivity index is 1.77. The number of amides is 1. The third-order valence-electron chi connectivity index (χ3n) is 3.72. The second-order valence-corrected chi connectivity index (χ2v) is 5.38. The van der Waals surface area contributed by atoms with Gasteiger partial charge in [0.15, 0.2) is 0 Å². The predicted molar refractivity (Wildman–Crippen MR) is 79.4 cm³/mol. The van der Waals surface area contributed by atoms with Crippen LogP contribution in [0.4, 0.5) is 23.2 Å². The van der Waals surface area contributed by atoms with Crippen molar-refractivity contribution >= 4 is 11.6 Å². The quantitative estimate of drug-likeness (QED) is 0.779. The zero-order valence-corrected chi connectivity index (χ0v) is 12.4. The van der Waals surface area contributed by atoms with Crippen molar-refractivity contribution in [1.29, 1.82) is 0 Å². The molecule has 0 spiro atoms. The molecule has 1 aliphatic rings. The number of nitrogens with zero attached hydrogens (tertiary/aromatic N) is 1. The normalized spacial score (nSPS) is 14.1. The van der Waals surface area contributed by atoms with Crippen molar-refractivity contribution in [3.63, 3.8) is 0 Å². The summed E-state index contributed by atoms with van der Waals surface area (Å²) in [6.45, 7) is 0.535. The van der Waals surface area contributed by atoms with Crippen molar-refractivity contribution in [3.8, 4) is 5.75 Å². The lowest BCUT2D eigenvalue weighted by atomic mass is 10.1. The largest absolute Gasteiger partial charge is 0.489 e. The van der Waals surface area contributed by atoms with Gasteiger partial charge in [-0.15, -0.1) is 0 Å². The van der Waals surface area contributed by atoms with Gasteiger partial charge in [0, 0.05) is 6.07 Å². The summed E-state index contributed by atoms with van der Waals surface area (Å²) in [6, 6.07) is 8.35. The fourth-order valence-corrected chi connectivity index (χ4v) is 2.53. The van der Waals surface area contributed by atoms with Crippen molar-refractivity contribution in [3.05, 3.63) is 59.4 Å². The molecule has 0 N–H and O–H groups in total. The minimum atomic E-state index is -4.41. The Bertz CT molecular complexity index is 756. The number of carbonyl (C=O) groups excluding carboxylic acids is 1. The Hall–Kier alpha value is -2.57. The van der Waals surface area contributed by atoms with Crippen LogP contribution in [0.2, 0.25) is 0 Å². The van der Waals surface area contributed by atoms with E-state index in [2.05, 4.69) is 0 Å². The Morgan fingerprint density at radius 2 is 1.83 bits per heavy atom. The first kappa shape index (κ1) is 16.3. The molecule has 0 atom stereocenters. The monoisotopic (exact) mass is 339 g/mol. The van der Waals surface area contributed by atoms with Crippen LogP contribution in [0.1, 0.15) is 11.1 Å². The number of hydrogen-bond donors (Lipinski definition) is 0. The van der Waals surface area contributed by atoms with Gasteiger partial charge in [-0.1, -0.05) is 12.1 Å². The minimum absolute atomic E-state index is 0.0467. The van der Waals surface area contributed by atoms with Crippen LogP contribution < -0.4 is 9.64 Å². The van der Waals surface area contributed by atoms with Crippen LogP contribution in [0, 0.1) is 5.82 Å². The Morgan fingerprint density at radius 3 is 2.50 bits per heavy atom. The van der Waals surface area contributed by atoms with E-state index < -0.39 is 17.6 Å². The van der Waals surface area contributed by atoms with Gasteiger partial charge < -0.3 is 9.64 Å². The van der Waals surface area contributed by atoms with E-state index in [9.17, 15) is 22.4 Å². The van der Waals surface area contributed by atoms with Crippen LogP contribution in [0.25, 0.3) is 0 Å². The maximum Gasteiger partial charge on any atom is 0.416 e. The number of benzene rings is 2. The number of ether oxygens (including phenoxy) is 1. The highest BCUT2D eigenvalue weighted by Crippen LogP contribution is 2.33. The zero-order chi connectivity index (χ0) is 17.3. The first-order valence-electron chi connectivity index (χ1n) is 7.23. The number of halogens is 4. The summed E-state index contributed by atoms with van der Waals surface area (Å²) in [5.74, 6) is -0.473. The van der Waals surface area contributed by atoms with E-state index >= 15 is 0 Å². The van der Waals surface area contributed by atoms with Crippen LogP contribution in [0.15, 0.2) is 42.5 Å². The third kappa shape index (κ3) is 3.34. The van der Waals surface area contributed by atoms with Crippen molar-refractivity contribution < 1.29 is 27.1 Å². The van der Waals surface area contributed by atoms with Crippen LogP contribution >= 0.6 is 0 Å². The molecule has 1 heterocycles. The lowest BCUT2D eigenvalue weighted by Gasteiger charge is -2.29. The maximum absolute atomic E-state index is 13.2. The number of rotatable bonds is 2. The molecule has 0 aromatic heterocycles. The van der Waals surface area contributed by atoms with Gasteiger partial charge in [-0.2, -0.15) is 13.2 Å². The molecule has 0 aliphatic carbocycles. The molecule has 2 aromatic rings. The molecule has 3 nitrogen and oxygen atoms in total. The first-order valence-corrected chi connectivity index (χ1v) is 7.23. The highest BCUT2D eigenvalue weighted by molar-refractivity contribution is 5.96. The molecular weight excluding hydrogens is 326 g/mol. The van der Waals surface area contributed by atoms with Crippen LogP contribution in [0.5, 0.6) is 5.75 Å². The topological polar surface area (TPSA) is 29.5 Å². The van der Waals surface area contributed by atoms with Gasteiger partial charge in [0.1, 0.15) is 18.2 Å². The van der Waals surface area contributed by atoms with Gasteiger partial charge >= 0.3 is 6.18 Å². The summed E-state index contributed by atoms with van der Waals surface area (Å²) in [4.78, 5) is 13.9. The summed E-state index contributed by atoms with van der Waals surface area (Å²) in [5, 5.41) is 0. The van der Waals surface area contributed by atoms with Gasteiger partial charge in [-0.25, -0.2) is 4.39 Å². The highest BCUT2D eigenvalue weighted by Gasteiger charge is 2.30. The summed E-state index contributed by atoms with van der Waals surface area (Å²) in [7, 11) is 0. The number of alkyl halides is 3. The molecule has 0 saturated heterocycles. The molecule has 1 aliphatic heterocycles. The smallest absolute Gasteiger partial charge is 0.416 e. The van der Waals surface area contributed by atoms with E-state index in [0.29, 0.717) is 17.8 Å². The molecule has 24 heavy (non-hydrogen) atoms. The Morgan fingerprint density at radius 1 is 1.12 bits per heavy atom. The van der Waals surface area contributed by atoms with Crippen LogP contribution in [-0.2, 0) is 17.4 Å². The summed E-state index contributed by atoms with van der Waals surface area (Å²) in [5.41, 5.74) is 0.175. The SMILES string of the molecule is O=C(Cc1ccc(C(F)(F)F)cc1)N1CCOc2cc(F)ccc21. The molecular formula is C17H13F4NO2. The van der Waals surface area contributed by atoms with Crippen LogP contribution in [0.3, 0.4) is 0 Å². The van der Waals surface area contributed by atoms with E-state index in [4.69, 9.17) is 4.74 Å². The second kappa shape index (κ2) is 6.14. The molecule has 0 radical (unpaired) electrons. The van der Waals surface area contributed by atoms with Gasteiger partial charge in [0.2, 0.25) is 5.91 Å². The average Bonchev–Trinajstić information content (AvgIpc) is 2.53. The molecule has 2 aromatic carbocycles. The molecule has 7 heteroatoms. The molecule has 0 unspecified atom stereocenters. The lowest BCUT2D eigenvalue weighted by Crippen LogP contribution is -2.38. The van der Waals surface area contributed by atoms with Gasteiger partial charge in [-0.3, -0.25) is 4.79 Å². The van der Waals surface area contributed by atoms with Gasteiger partial charge in [-0.05, 0) is 29.8 Å². The summed E-state index contributed by atoms with van der Waals surface area (Å²) in [6.07, 6.45) is -4.45. The highest BCUT2D eigenvalue weighted by atomic mass is 19.4. The fourth-order valence-electron chi connectivity index (χ4n) is 2.53. The standard InChI is InChI=1S/C17H13F4NO2/c18-13-5-6-14-15(10-13)24-8-7-22(14)16(23)9-11-1-3-12(4-2-11)17(19,20)21/h1-6,10H,7-9H2. The van der Waals surface area contributed by atoms with E-state index in [1.165, 1.54) is 35.2 Å². The van der Waals surface area contributed by atoms with Gasteiger partial charge in [0.05, 0.1) is 24.2 Å². The zero-order valence-electron chi connectivity index (χ0n) is 12.4. The van der Waals surface area contributed by atoms with E-state index in [0.717, 1.165) is 12.1 Å². The van der Waals surface area contributed by atoms with E-state index in [-0.39, 0.29) is 24.7 Å². The van der Waals surface area contributed by atoms with Crippen molar-refractivity contribution in [2.75, 3.05) is 18.1 Å². The van der Waals surface area contributed by atoms with Crippen molar-refractivity contribution in [1.82, 2.24) is 0 Å². The van der Waals surface area contributed by atoms with E-state index in [1.807, 2.05) is 0 Å². The molecule has 0 fully saturated rings. The molecule has 1 amide bonds. The number of carbonyl (C=O) groups is 1. The molecule has 126 valence electrons. The predicted octanol–water partition coefficient (Wildman–Crippen LogP) is 3.81. The molecule has 3 rings (SSSR count). The Kier molecular flexibility index (Phi) is 4.17. The van der Waals surface area contributed by atoms with Crippen LogP contribution in [-0.4, -0.2) is 19.1 Å². The number of fused-ring (bicyclic) bond motifs is 1. The van der Waals surface area contributed by atoms with Gasteiger partial charge in [0.25, 0.3) is 0 Å². The molecule has 0 saturated carbocycles.